The molecule has 0 amide bonds. The third kappa shape index (κ3) is 2.33. The van der Waals surface area contributed by atoms with Crippen molar-refractivity contribution in [3.63, 3.8) is 0 Å². The van der Waals surface area contributed by atoms with Crippen LogP contribution >= 0.6 is 0 Å². The lowest BCUT2D eigenvalue weighted by Gasteiger charge is -2.40. The van der Waals surface area contributed by atoms with Crippen LogP contribution in [0.25, 0.3) is 0 Å². The molecule has 3 unspecified atom stereocenters. The highest BCUT2D eigenvalue weighted by Gasteiger charge is 2.58. The minimum Gasteiger partial charge on any atom is -0.470 e. The van der Waals surface area contributed by atoms with Crippen LogP contribution in [-0.2, 0) is 17.8 Å². The Labute approximate surface area is 144 Å². The second-order valence-electron chi connectivity index (χ2n) is 6.55. The van der Waals surface area contributed by atoms with E-state index in [0.29, 0.717) is 5.76 Å². The SMILES string of the molecule is CC1C=CC(=O)C2(O)C(=O)c3c(OCc4ccccc4)noc3CC12. The van der Waals surface area contributed by atoms with Crippen molar-refractivity contribution >= 4 is 11.6 Å². The number of hydrogen-bond acceptors (Lipinski definition) is 6. The molecule has 1 N–H and O–H groups in total. The number of aromatic nitrogens is 1. The zero-order chi connectivity index (χ0) is 17.6. The van der Waals surface area contributed by atoms with Gasteiger partial charge in [-0.15, -0.1) is 0 Å². The summed E-state index contributed by atoms with van der Waals surface area (Å²) in [4.78, 5) is 25.2. The van der Waals surface area contributed by atoms with E-state index in [9.17, 15) is 14.7 Å². The first-order valence-electron chi connectivity index (χ1n) is 8.17. The summed E-state index contributed by atoms with van der Waals surface area (Å²) in [5, 5.41) is 14.7. The average molecular weight is 339 g/mol. The fourth-order valence-electron chi connectivity index (χ4n) is 3.56. The third-order valence-corrected chi connectivity index (χ3v) is 5.03. The van der Waals surface area contributed by atoms with Gasteiger partial charge in [-0.2, -0.15) is 0 Å². The Bertz CT molecular complexity index is 869. The van der Waals surface area contributed by atoms with E-state index in [2.05, 4.69) is 5.16 Å². The van der Waals surface area contributed by atoms with Crippen LogP contribution in [0.4, 0.5) is 0 Å². The lowest BCUT2D eigenvalue weighted by atomic mass is 9.64. The smallest absolute Gasteiger partial charge is 0.265 e. The van der Waals surface area contributed by atoms with E-state index >= 15 is 0 Å². The Hall–Kier alpha value is -2.73. The van der Waals surface area contributed by atoms with Crippen molar-refractivity contribution in [2.24, 2.45) is 11.8 Å². The third-order valence-electron chi connectivity index (χ3n) is 5.03. The molecule has 0 spiro atoms. The van der Waals surface area contributed by atoms with Crippen LogP contribution in [0.15, 0.2) is 47.0 Å². The van der Waals surface area contributed by atoms with Gasteiger partial charge in [0.15, 0.2) is 17.1 Å². The minimum atomic E-state index is -2.07. The molecule has 0 saturated heterocycles. The Kier molecular flexibility index (Phi) is 3.58. The molecule has 2 aliphatic carbocycles. The van der Waals surface area contributed by atoms with Crippen molar-refractivity contribution < 1.29 is 24.0 Å². The first-order valence-corrected chi connectivity index (χ1v) is 8.17. The van der Waals surface area contributed by atoms with Crippen LogP contribution in [-0.4, -0.2) is 27.4 Å². The number of carbonyl (C=O) groups excluding carboxylic acids is 2. The fourth-order valence-corrected chi connectivity index (χ4v) is 3.56. The van der Waals surface area contributed by atoms with Gasteiger partial charge in [-0.05, 0) is 22.7 Å². The maximum Gasteiger partial charge on any atom is 0.265 e. The highest BCUT2D eigenvalue weighted by atomic mass is 16.5. The minimum absolute atomic E-state index is 0.0192. The molecule has 0 bridgehead atoms. The summed E-state index contributed by atoms with van der Waals surface area (Å²) in [5.74, 6) is -1.59. The van der Waals surface area contributed by atoms with Gasteiger partial charge in [0, 0.05) is 12.3 Å². The molecule has 1 aromatic carbocycles. The maximum atomic E-state index is 12.9. The molecular formula is C19H17NO5. The van der Waals surface area contributed by atoms with E-state index in [4.69, 9.17) is 9.26 Å². The molecular weight excluding hydrogens is 322 g/mol. The lowest BCUT2D eigenvalue weighted by molar-refractivity contribution is -0.135. The number of ketones is 2. The molecule has 6 nitrogen and oxygen atoms in total. The number of hydrogen-bond donors (Lipinski definition) is 1. The van der Waals surface area contributed by atoms with Gasteiger partial charge in [0.25, 0.3) is 5.88 Å². The normalized spacial score (nSPS) is 27.8. The summed E-state index contributed by atoms with van der Waals surface area (Å²) in [6, 6.07) is 9.42. The summed E-state index contributed by atoms with van der Waals surface area (Å²) < 4.78 is 10.9. The number of fused-ring (bicyclic) bond motifs is 2. The van der Waals surface area contributed by atoms with Crippen molar-refractivity contribution in [3.8, 4) is 5.88 Å². The van der Waals surface area contributed by atoms with E-state index in [1.54, 1.807) is 6.08 Å². The summed E-state index contributed by atoms with van der Waals surface area (Å²) in [6.45, 7) is 2.07. The number of benzene rings is 1. The van der Waals surface area contributed by atoms with E-state index in [1.807, 2.05) is 37.3 Å². The fraction of sp³-hybridized carbons (Fsp3) is 0.316. The molecule has 4 rings (SSSR count). The van der Waals surface area contributed by atoms with Gasteiger partial charge in [-0.25, -0.2) is 0 Å². The number of rotatable bonds is 3. The Morgan fingerprint density at radius 3 is 2.84 bits per heavy atom. The Balaban J connectivity index is 1.67. The van der Waals surface area contributed by atoms with Gasteiger partial charge in [-0.3, -0.25) is 9.59 Å². The van der Waals surface area contributed by atoms with Crippen LogP contribution in [0.5, 0.6) is 5.88 Å². The molecule has 3 atom stereocenters. The first kappa shape index (κ1) is 15.8. The highest BCUT2D eigenvalue weighted by molar-refractivity contribution is 6.23. The van der Waals surface area contributed by atoms with Crippen molar-refractivity contribution in [2.75, 3.05) is 0 Å². The van der Waals surface area contributed by atoms with E-state index < -0.39 is 23.1 Å². The molecule has 0 saturated carbocycles. The molecule has 2 aromatic rings. The van der Waals surface area contributed by atoms with Crippen LogP contribution < -0.4 is 4.74 Å². The topological polar surface area (TPSA) is 89.6 Å². The summed E-state index contributed by atoms with van der Waals surface area (Å²) in [6.07, 6.45) is 3.25. The highest BCUT2D eigenvalue weighted by Crippen LogP contribution is 2.44. The standard InChI is InChI=1S/C19H17NO5/c1-11-7-8-15(21)19(23)13(11)9-14-16(17(19)22)18(20-25-14)24-10-12-5-3-2-4-6-12/h2-8,11,13,23H,9-10H2,1H3. The molecule has 0 radical (unpaired) electrons. The molecule has 1 heterocycles. The molecule has 0 aliphatic heterocycles. The lowest BCUT2D eigenvalue weighted by Crippen LogP contribution is -2.58. The van der Waals surface area contributed by atoms with Crippen LogP contribution in [0.3, 0.4) is 0 Å². The maximum absolute atomic E-state index is 12.9. The van der Waals surface area contributed by atoms with Gasteiger partial charge < -0.3 is 14.4 Å². The number of ether oxygens (including phenoxy) is 1. The summed E-state index contributed by atoms with van der Waals surface area (Å²) in [7, 11) is 0. The van der Waals surface area contributed by atoms with Crippen LogP contribution in [0, 0.1) is 11.8 Å². The molecule has 6 heteroatoms. The Morgan fingerprint density at radius 2 is 2.08 bits per heavy atom. The van der Waals surface area contributed by atoms with Gasteiger partial charge in [-0.1, -0.05) is 43.3 Å². The number of Topliss-reactive ketones (excluding diaryl/α,β-unsaturated/α-hetero) is 1. The molecule has 2 aliphatic rings. The van der Waals surface area contributed by atoms with E-state index in [-0.39, 0.29) is 30.4 Å². The Morgan fingerprint density at radius 1 is 1.32 bits per heavy atom. The first-order chi connectivity index (χ1) is 12.0. The van der Waals surface area contributed by atoms with Crippen molar-refractivity contribution in [3.05, 3.63) is 59.4 Å². The monoisotopic (exact) mass is 339 g/mol. The molecule has 25 heavy (non-hydrogen) atoms. The van der Waals surface area contributed by atoms with E-state index in [0.717, 1.165) is 5.56 Å². The predicted molar refractivity (Wildman–Crippen MR) is 87.1 cm³/mol. The zero-order valence-electron chi connectivity index (χ0n) is 13.6. The zero-order valence-corrected chi connectivity index (χ0v) is 13.6. The largest absolute Gasteiger partial charge is 0.470 e. The molecule has 1 aromatic heterocycles. The summed E-state index contributed by atoms with van der Waals surface area (Å²) >= 11 is 0. The quantitative estimate of drug-likeness (QED) is 0.862. The predicted octanol–water partition coefficient (Wildman–Crippen LogP) is 2.11. The average Bonchev–Trinajstić information content (AvgIpc) is 3.03. The van der Waals surface area contributed by atoms with Gasteiger partial charge >= 0.3 is 0 Å². The number of nitrogens with zero attached hydrogens (tertiary/aromatic N) is 1. The second-order valence-corrected chi connectivity index (χ2v) is 6.55. The van der Waals surface area contributed by atoms with Crippen molar-refractivity contribution in [1.82, 2.24) is 5.16 Å². The van der Waals surface area contributed by atoms with Crippen LogP contribution in [0.1, 0.15) is 28.6 Å². The molecule has 0 fully saturated rings. The van der Waals surface area contributed by atoms with Crippen molar-refractivity contribution in [1.29, 1.82) is 0 Å². The molecule has 128 valence electrons. The van der Waals surface area contributed by atoms with Gasteiger partial charge in [0.1, 0.15) is 12.2 Å². The van der Waals surface area contributed by atoms with Crippen LogP contribution in [0.2, 0.25) is 0 Å². The second kappa shape index (κ2) is 5.67. The van der Waals surface area contributed by atoms with Gasteiger partial charge in [0.05, 0.1) is 0 Å². The number of carbonyl (C=O) groups is 2. The van der Waals surface area contributed by atoms with E-state index in [1.165, 1.54) is 6.08 Å². The number of aliphatic hydroxyl groups is 1. The van der Waals surface area contributed by atoms with Crippen molar-refractivity contribution in [2.45, 2.75) is 25.6 Å². The van der Waals surface area contributed by atoms with Gasteiger partial charge in [0.2, 0.25) is 5.78 Å². The number of allylic oxidation sites excluding steroid dienone is 1. The summed E-state index contributed by atoms with van der Waals surface area (Å²) in [5.41, 5.74) is -1.09.